The fourth-order valence-corrected chi connectivity index (χ4v) is 2.71. The highest BCUT2D eigenvalue weighted by Crippen LogP contribution is 2.24. The van der Waals surface area contributed by atoms with Gasteiger partial charge in [-0.05, 0) is 6.42 Å². The second-order valence-corrected chi connectivity index (χ2v) is 6.32. The van der Waals surface area contributed by atoms with E-state index in [-0.39, 0.29) is 5.76 Å². The Morgan fingerprint density at radius 1 is 1.04 bits per heavy atom. The van der Waals surface area contributed by atoms with Crippen molar-refractivity contribution in [1.82, 2.24) is 0 Å². The van der Waals surface area contributed by atoms with E-state index in [1.54, 1.807) is 0 Å². The van der Waals surface area contributed by atoms with Crippen molar-refractivity contribution in [2.45, 2.75) is 83.3 Å². The van der Waals surface area contributed by atoms with E-state index in [9.17, 15) is 15.0 Å². The molecule has 140 valence electrons. The Balaban J connectivity index is 2.08. The van der Waals surface area contributed by atoms with Crippen molar-refractivity contribution in [2.24, 2.45) is 0 Å². The minimum atomic E-state index is -1.34. The van der Waals surface area contributed by atoms with Gasteiger partial charge in [-0.2, -0.15) is 0 Å². The molecule has 0 saturated carbocycles. The Kier molecular flexibility index (Phi) is 10.5. The summed E-state index contributed by atoms with van der Waals surface area (Å²) in [5.41, 5.74) is 0. The zero-order valence-corrected chi connectivity index (χ0v) is 14.7. The summed E-state index contributed by atoms with van der Waals surface area (Å²) in [5.74, 6) is -1.48. The molecule has 6 heteroatoms. The van der Waals surface area contributed by atoms with Gasteiger partial charge >= 0.3 is 5.97 Å². The van der Waals surface area contributed by atoms with Gasteiger partial charge in [0.05, 0.1) is 13.2 Å². The second-order valence-electron chi connectivity index (χ2n) is 6.32. The van der Waals surface area contributed by atoms with Gasteiger partial charge in [0.2, 0.25) is 5.76 Å². The number of hydrogen-bond donors (Lipinski definition) is 3. The van der Waals surface area contributed by atoms with E-state index >= 15 is 0 Å². The van der Waals surface area contributed by atoms with Crippen LogP contribution in [0.3, 0.4) is 0 Å². The molecule has 0 spiro atoms. The molecule has 1 heterocycles. The maximum absolute atomic E-state index is 11.6. The lowest BCUT2D eigenvalue weighted by molar-refractivity contribution is -0.148. The number of aliphatic hydroxyl groups is 3. The van der Waals surface area contributed by atoms with E-state index in [4.69, 9.17) is 14.6 Å². The van der Waals surface area contributed by atoms with Crippen LogP contribution < -0.4 is 0 Å². The van der Waals surface area contributed by atoms with Gasteiger partial charge in [-0.3, -0.25) is 0 Å². The summed E-state index contributed by atoms with van der Waals surface area (Å²) in [6.07, 6.45) is 9.44. The fraction of sp³-hybridized carbons (Fsp3) is 0.833. The zero-order valence-electron chi connectivity index (χ0n) is 14.7. The van der Waals surface area contributed by atoms with Crippen LogP contribution in [-0.2, 0) is 14.3 Å². The highest BCUT2D eigenvalue weighted by atomic mass is 16.6. The molecule has 0 aliphatic carbocycles. The summed E-state index contributed by atoms with van der Waals surface area (Å²) in [6.45, 7) is 1.94. The Bertz CT molecular complexity index is 393. The van der Waals surface area contributed by atoms with Gasteiger partial charge in [-0.15, -0.1) is 0 Å². The molecule has 0 aromatic carbocycles. The van der Waals surface area contributed by atoms with Crippen LogP contribution >= 0.6 is 0 Å². The van der Waals surface area contributed by atoms with Gasteiger partial charge in [0.25, 0.3) is 0 Å². The van der Waals surface area contributed by atoms with E-state index in [1.807, 2.05) is 0 Å². The lowest BCUT2D eigenvalue weighted by Crippen LogP contribution is -2.31. The summed E-state index contributed by atoms with van der Waals surface area (Å²) in [6, 6.07) is 0. The molecule has 0 bridgehead atoms. The number of aliphatic hydroxyl groups excluding tert-OH is 3. The van der Waals surface area contributed by atoms with E-state index in [1.165, 1.54) is 44.9 Å². The van der Waals surface area contributed by atoms with Crippen LogP contribution in [-0.4, -0.2) is 46.7 Å². The topological polar surface area (TPSA) is 96.2 Å². The minimum absolute atomic E-state index is 0.247. The summed E-state index contributed by atoms with van der Waals surface area (Å²) in [7, 11) is 0. The molecule has 1 aliphatic heterocycles. The number of ether oxygens (including phenoxy) is 2. The smallest absolute Gasteiger partial charge is 0.378 e. The molecule has 1 aliphatic rings. The van der Waals surface area contributed by atoms with Crippen molar-refractivity contribution in [3.8, 4) is 0 Å². The summed E-state index contributed by atoms with van der Waals surface area (Å²) in [4.78, 5) is 11.6. The van der Waals surface area contributed by atoms with E-state index in [0.717, 1.165) is 19.3 Å². The normalized spacial score (nSPS) is 18.8. The Labute approximate surface area is 144 Å². The molecule has 1 rings (SSSR count). The number of cyclic esters (lactones) is 1. The van der Waals surface area contributed by atoms with Gasteiger partial charge in [-0.1, -0.05) is 64.7 Å². The molecular weight excluding hydrogens is 312 g/mol. The Hall–Kier alpha value is -1.27. The van der Waals surface area contributed by atoms with Crippen molar-refractivity contribution >= 4 is 5.97 Å². The van der Waals surface area contributed by atoms with Crippen molar-refractivity contribution in [1.29, 1.82) is 0 Å². The van der Waals surface area contributed by atoms with Gasteiger partial charge in [0.15, 0.2) is 11.9 Å². The quantitative estimate of drug-likeness (QED) is 0.331. The molecule has 0 fully saturated rings. The third-order valence-electron chi connectivity index (χ3n) is 4.20. The second kappa shape index (κ2) is 12.1. The molecule has 3 N–H and O–H groups in total. The van der Waals surface area contributed by atoms with Gasteiger partial charge in [0, 0.05) is 0 Å². The fourth-order valence-electron chi connectivity index (χ4n) is 2.71. The minimum Gasteiger partial charge on any atom is -0.505 e. The largest absolute Gasteiger partial charge is 0.505 e. The third kappa shape index (κ3) is 7.09. The Morgan fingerprint density at radius 2 is 1.58 bits per heavy atom. The van der Waals surface area contributed by atoms with Crippen LogP contribution in [0.2, 0.25) is 0 Å². The van der Waals surface area contributed by atoms with Crippen molar-refractivity contribution in [2.75, 3.05) is 13.2 Å². The van der Waals surface area contributed by atoms with Gasteiger partial charge in [0.1, 0.15) is 6.10 Å². The van der Waals surface area contributed by atoms with Crippen LogP contribution in [0.5, 0.6) is 0 Å². The molecule has 24 heavy (non-hydrogen) atoms. The van der Waals surface area contributed by atoms with E-state index < -0.39 is 30.5 Å². The first-order valence-corrected chi connectivity index (χ1v) is 9.17. The highest BCUT2D eigenvalue weighted by Gasteiger charge is 2.40. The van der Waals surface area contributed by atoms with Crippen LogP contribution in [0.15, 0.2) is 11.5 Å². The molecule has 0 aromatic heterocycles. The predicted molar refractivity (Wildman–Crippen MR) is 90.4 cm³/mol. The molecular formula is C18H32O6. The van der Waals surface area contributed by atoms with E-state index in [0.29, 0.717) is 6.61 Å². The average Bonchev–Trinajstić information content (AvgIpc) is 2.86. The Morgan fingerprint density at radius 3 is 2.12 bits per heavy atom. The highest BCUT2D eigenvalue weighted by molar-refractivity contribution is 5.89. The summed E-state index contributed by atoms with van der Waals surface area (Å²) < 4.78 is 10.1. The lowest BCUT2D eigenvalue weighted by atomic mass is 10.1. The standard InChI is InChI=1S/C18H32O6/c1-2-3-4-5-6-7-8-9-10-11-12-23-17-15(21)16(14(20)13-19)24-18(17)22/h14,16,19-21H,2-13H2,1H3. The number of esters is 1. The van der Waals surface area contributed by atoms with Crippen molar-refractivity contribution < 1.29 is 29.6 Å². The third-order valence-corrected chi connectivity index (χ3v) is 4.20. The van der Waals surface area contributed by atoms with Gasteiger partial charge in [-0.25, -0.2) is 4.79 Å². The lowest BCUT2D eigenvalue weighted by Gasteiger charge is -2.13. The SMILES string of the molecule is CCCCCCCCCCCCOC1=C(O)C(C(O)CO)OC1=O. The van der Waals surface area contributed by atoms with Crippen LogP contribution in [0.1, 0.15) is 71.1 Å². The number of rotatable bonds is 14. The van der Waals surface area contributed by atoms with E-state index in [2.05, 4.69) is 6.92 Å². The maximum atomic E-state index is 11.6. The number of unbranched alkanes of at least 4 members (excludes halogenated alkanes) is 9. The molecule has 0 saturated heterocycles. The first-order chi connectivity index (χ1) is 11.6. The molecule has 2 atom stereocenters. The summed E-state index contributed by atoms with van der Waals surface area (Å²) >= 11 is 0. The molecule has 0 amide bonds. The average molecular weight is 344 g/mol. The molecule has 2 unspecified atom stereocenters. The summed E-state index contributed by atoms with van der Waals surface area (Å²) in [5, 5.41) is 28.1. The van der Waals surface area contributed by atoms with Crippen LogP contribution in [0, 0.1) is 0 Å². The first-order valence-electron chi connectivity index (χ1n) is 9.17. The van der Waals surface area contributed by atoms with Crippen LogP contribution in [0.4, 0.5) is 0 Å². The van der Waals surface area contributed by atoms with Gasteiger partial charge < -0.3 is 24.8 Å². The number of hydrogen-bond acceptors (Lipinski definition) is 6. The predicted octanol–water partition coefficient (Wildman–Crippen LogP) is 2.97. The molecule has 0 radical (unpaired) electrons. The van der Waals surface area contributed by atoms with Crippen LogP contribution in [0.25, 0.3) is 0 Å². The van der Waals surface area contributed by atoms with Crippen molar-refractivity contribution in [3.63, 3.8) is 0 Å². The monoisotopic (exact) mass is 344 g/mol. The molecule has 6 nitrogen and oxygen atoms in total. The first kappa shape index (κ1) is 20.8. The number of carbonyl (C=O) groups is 1. The van der Waals surface area contributed by atoms with Crippen molar-refractivity contribution in [3.05, 3.63) is 11.5 Å². The zero-order chi connectivity index (χ0) is 17.8. The maximum Gasteiger partial charge on any atom is 0.378 e. The number of carbonyl (C=O) groups excluding carboxylic acids is 1. The molecule has 0 aromatic rings.